The number of carboxylic acid groups (broad SMARTS) is 3. The number of para-hydroxylation sites is 1. The Morgan fingerprint density at radius 1 is 0.578 bits per heavy atom. The molecule has 0 atom stereocenters. The molecule has 64 heavy (non-hydrogen) atoms. The van der Waals surface area contributed by atoms with E-state index in [0.717, 1.165) is 0 Å². The van der Waals surface area contributed by atoms with Gasteiger partial charge in [-0.1, -0.05) is 35.3 Å². The normalized spacial score (nSPS) is 10.4. The van der Waals surface area contributed by atoms with Crippen LogP contribution in [-0.2, 0) is 27.2 Å². The van der Waals surface area contributed by atoms with Crippen LogP contribution >= 0.6 is 23.2 Å². The average Bonchev–Trinajstić information content (AvgIpc) is 3.67. The van der Waals surface area contributed by atoms with Crippen molar-refractivity contribution in [2.45, 2.75) is 33.6 Å². The molecule has 0 saturated carbocycles. The zero-order chi connectivity index (χ0) is 46.1. The number of ether oxygens (including phenoxy) is 3. The summed E-state index contributed by atoms with van der Waals surface area (Å²) >= 11 is 11.8. The predicted molar refractivity (Wildman–Crippen MR) is 234 cm³/mol. The van der Waals surface area contributed by atoms with E-state index in [1.807, 2.05) is 0 Å². The molecule has 14 nitrogen and oxygen atoms in total. The molecule has 0 aliphatic heterocycles. The molecule has 2 aromatic heterocycles. The third kappa shape index (κ3) is 11.6. The van der Waals surface area contributed by atoms with Gasteiger partial charge in [0.25, 0.3) is 11.8 Å². The molecule has 2 heterocycles. The number of fused-ring (bicyclic) bond motifs is 2. The van der Waals surface area contributed by atoms with E-state index >= 15 is 0 Å². The van der Waals surface area contributed by atoms with Gasteiger partial charge in [-0.2, -0.15) is 0 Å². The molecule has 324 valence electrons. The molecule has 0 aliphatic rings. The SMILES string of the molecule is CC(=O)Oc1ccccc1C(=O)[O-].COc1ccc2c(c1)c(CC(=O)[O-])c(C)n2C(=O)c1ccc(Cl)cc1.COc1ccc2c(c1)c(CC(=O)[O-])c(C)n2C(=O)c1ccc(Cl)cc1.[Al+3]. The number of hydrogen-bond acceptors (Lipinski definition) is 12. The van der Waals surface area contributed by atoms with Gasteiger partial charge in [0.15, 0.2) is 0 Å². The number of carbonyl (C=O) groups is 6. The standard InChI is InChI=1S/2C19H16ClNO4.C9H8O4.Al/c2*1-11-15(10-18(22)23)16-9-14(25-2)7-8-17(16)21(11)19(24)12-3-5-13(20)6-4-12;1-6(10)13-8-5-3-2-4-7(8)9(11)12;/h2*3-9H,10H2,1-2H3,(H,22,23);2-5H,1H3,(H,11,12);/q;;;+3/p-3. The van der Waals surface area contributed by atoms with Crippen molar-refractivity contribution in [3.05, 3.63) is 158 Å². The Labute approximate surface area is 387 Å². The average molecular weight is 920 g/mol. The second-order valence-corrected chi connectivity index (χ2v) is 14.5. The van der Waals surface area contributed by atoms with Crippen LogP contribution in [0.3, 0.4) is 0 Å². The van der Waals surface area contributed by atoms with Crippen molar-refractivity contribution in [2.75, 3.05) is 14.2 Å². The number of carbonyl (C=O) groups excluding carboxylic acids is 6. The Morgan fingerprint density at radius 2 is 0.969 bits per heavy atom. The van der Waals surface area contributed by atoms with Gasteiger partial charge >= 0.3 is 23.3 Å². The molecule has 0 unspecified atom stereocenters. The zero-order valence-corrected chi connectivity index (χ0v) is 37.6. The smallest absolute Gasteiger partial charge is 0.550 e. The van der Waals surface area contributed by atoms with Gasteiger partial charge in [-0.3, -0.25) is 23.5 Å². The summed E-state index contributed by atoms with van der Waals surface area (Å²) in [6.45, 7) is 4.64. The summed E-state index contributed by atoms with van der Waals surface area (Å²) in [5.41, 5.74) is 4.23. The first-order valence-electron chi connectivity index (χ1n) is 18.8. The fourth-order valence-electron chi connectivity index (χ4n) is 6.76. The fraction of sp³-hybridized carbons (Fsp3) is 0.149. The largest absolute Gasteiger partial charge is 3.00 e. The number of hydrogen-bond donors (Lipinski definition) is 0. The number of carboxylic acids is 3. The van der Waals surface area contributed by atoms with Crippen LogP contribution in [0, 0.1) is 13.8 Å². The molecule has 7 rings (SSSR count). The second kappa shape index (κ2) is 22.0. The van der Waals surface area contributed by atoms with Crippen molar-refractivity contribution in [3.8, 4) is 17.2 Å². The third-order valence-electron chi connectivity index (χ3n) is 9.68. The number of rotatable bonds is 10. The first kappa shape index (κ1) is 49.8. The van der Waals surface area contributed by atoms with Gasteiger partial charge < -0.3 is 43.9 Å². The van der Waals surface area contributed by atoms with Gasteiger partial charge in [-0.25, -0.2) is 0 Å². The van der Waals surface area contributed by atoms with Crippen LogP contribution < -0.4 is 29.5 Å². The quantitative estimate of drug-likeness (QED) is 0.103. The van der Waals surface area contributed by atoms with E-state index in [0.29, 0.717) is 77.0 Å². The molecule has 5 aromatic carbocycles. The molecule has 0 fully saturated rings. The number of aliphatic carboxylic acids is 2. The number of nitrogens with zero attached hydrogens (tertiary/aromatic N) is 2. The van der Waals surface area contributed by atoms with E-state index in [-0.39, 0.29) is 53.3 Å². The molecule has 0 aliphatic carbocycles. The Morgan fingerprint density at radius 3 is 1.31 bits per heavy atom. The van der Waals surface area contributed by atoms with Gasteiger partial charge in [0.05, 0.1) is 31.2 Å². The molecular formula is C47H37AlCl2N2O12. The van der Waals surface area contributed by atoms with Crippen LogP contribution in [0.25, 0.3) is 21.8 Å². The van der Waals surface area contributed by atoms with Crippen LogP contribution in [0.5, 0.6) is 17.2 Å². The van der Waals surface area contributed by atoms with E-state index in [1.165, 1.54) is 48.5 Å². The summed E-state index contributed by atoms with van der Waals surface area (Å²) in [6.07, 6.45) is -0.563. The minimum atomic E-state index is -1.36. The number of aromatic nitrogens is 2. The molecule has 0 saturated heterocycles. The van der Waals surface area contributed by atoms with Crippen molar-refractivity contribution in [2.24, 2.45) is 0 Å². The topological polar surface area (TPSA) is 209 Å². The van der Waals surface area contributed by atoms with Crippen LogP contribution in [0.1, 0.15) is 60.5 Å². The number of benzene rings is 5. The second-order valence-electron chi connectivity index (χ2n) is 13.7. The van der Waals surface area contributed by atoms with Crippen LogP contribution in [0.4, 0.5) is 0 Å². The van der Waals surface area contributed by atoms with Gasteiger partial charge in [0.2, 0.25) is 0 Å². The minimum absolute atomic E-state index is 0. The van der Waals surface area contributed by atoms with E-state index in [4.69, 9.17) is 32.7 Å². The van der Waals surface area contributed by atoms with Crippen LogP contribution in [0.2, 0.25) is 10.0 Å². The Kier molecular flexibility index (Phi) is 17.1. The maximum Gasteiger partial charge on any atom is 3.00 e. The molecule has 0 radical (unpaired) electrons. The third-order valence-corrected chi connectivity index (χ3v) is 10.2. The molecule has 17 heteroatoms. The van der Waals surface area contributed by atoms with Crippen LogP contribution in [-0.4, -0.2) is 76.4 Å². The van der Waals surface area contributed by atoms with Crippen molar-refractivity contribution in [1.29, 1.82) is 0 Å². The number of halogens is 2. The van der Waals surface area contributed by atoms with Crippen LogP contribution in [0.15, 0.2) is 109 Å². The number of esters is 1. The van der Waals surface area contributed by atoms with Crippen molar-refractivity contribution < 1.29 is 58.3 Å². The van der Waals surface area contributed by atoms with E-state index in [9.17, 15) is 44.1 Å². The first-order chi connectivity index (χ1) is 29.9. The summed E-state index contributed by atoms with van der Waals surface area (Å²) in [6, 6.07) is 29.3. The Hall–Kier alpha value is -6.89. The molecule has 0 bridgehead atoms. The Bertz CT molecular complexity index is 2730. The maximum absolute atomic E-state index is 13.0. The van der Waals surface area contributed by atoms with Gasteiger partial charge in [0.1, 0.15) is 17.2 Å². The van der Waals surface area contributed by atoms with Gasteiger partial charge in [0, 0.05) is 80.6 Å². The maximum atomic E-state index is 13.0. The minimum Gasteiger partial charge on any atom is -0.550 e. The van der Waals surface area contributed by atoms with Gasteiger partial charge in [-0.15, -0.1) is 0 Å². The van der Waals surface area contributed by atoms with E-state index in [1.54, 1.807) is 105 Å². The summed E-state index contributed by atoms with van der Waals surface area (Å²) in [7, 11) is 3.06. The molecular weight excluding hydrogens is 882 g/mol. The molecule has 0 amide bonds. The molecule has 0 spiro atoms. The van der Waals surface area contributed by atoms with Crippen molar-refractivity contribution in [3.63, 3.8) is 0 Å². The number of aromatic carboxylic acids is 1. The Balaban J connectivity index is 0.000000220. The van der Waals surface area contributed by atoms with Gasteiger partial charge in [-0.05, 0) is 122 Å². The summed E-state index contributed by atoms with van der Waals surface area (Å²) in [5, 5.41) is 35.2. The monoisotopic (exact) mass is 918 g/mol. The fourth-order valence-corrected chi connectivity index (χ4v) is 7.01. The molecule has 0 N–H and O–H groups in total. The summed E-state index contributed by atoms with van der Waals surface area (Å²) in [5.74, 6) is -3.66. The number of methoxy groups -OCH3 is 2. The zero-order valence-electron chi connectivity index (χ0n) is 34.9. The summed E-state index contributed by atoms with van der Waals surface area (Å²) < 4.78 is 18.1. The molecule has 7 aromatic rings. The van der Waals surface area contributed by atoms with E-state index in [2.05, 4.69) is 4.74 Å². The summed E-state index contributed by atoms with van der Waals surface area (Å²) in [4.78, 5) is 69.3. The predicted octanol–water partition coefficient (Wildman–Crippen LogP) is 4.78. The van der Waals surface area contributed by atoms with E-state index < -0.39 is 23.9 Å². The first-order valence-corrected chi connectivity index (χ1v) is 19.6. The van der Waals surface area contributed by atoms with Crippen molar-refractivity contribution >= 4 is 98.1 Å². The van der Waals surface area contributed by atoms with Crippen molar-refractivity contribution in [1.82, 2.24) is 9.13 Å².